The molecule has 0 spiro atoms. The van der Waals surface area contributed by atoms with Gasteiger partial charge in [-0.05, 0) is 218 Å². The summed E-state index contributed by atoms with van der Waals surface area (Å²) in [4.78, 5) is 63.2. The minimum absolute atomic E-state index is 0.0466. The largest absolute Gasteiger partial charge is 0.467 e. The number of aryl methyl sites for hydroxylation is 1. The molecule has 0 saturated carbocycles. The minimum Gasteiger partial charge on any atom is -0.467 e. The lowest BCUT2D eigenvalue weighted by atomic mass is 10.0. The van der Waals surface area contributed by atoms with E-state index in [0.717, 1.165) is 66.8 Å². The van der Waals surface area contributed by atoms with Crippen molar-refractivity contribution in [2.75, 3.05) is 14.2 Å². The molecule has 36 heteroatoms. The molecule has 12 aromatic heterocycles. The van der Waals surface area contributed by atoms with Crippen LogP contribution in [0.1, 0.15) is 15.9 Å². The second kappa shape index (κ2) is 39.7. The van der Waals surface area contributed by atoms with Gasteiger partial charge in [0.2, 0.25) is 29.1 Å². The fourth-order valence-corrected chi connectivity index (χ4v) is 13.2. The fourth-order valence-electron chi connectivity index (χ4n) is 13.2. The number of rotatable bonds is 18. The molecule has 636 valence electrons. The zero-order valence-corrected chi connectivity index (χ0v) is 69.3. The second-order valence-electron chi connectivity index (χ2n) is 28.2. The van der Waals surface area contributed by atoms with Gasteiger partial charge in [-0.2, -0.15) is 0 Å². The van der Waals surface area contributed by atoms with Gasteiger partial charge in [0.15, 0.2) is 0 Å². The van der Waals surface area contributed by atoms with Crippen LogP contribution >= 0.6 is 0 Å². The number of nitro benzene ring substituents is 1. The number of carbonyl (C=O) groups excluding carboxylic acids is 1. The molecule has 34 nitrogen and oxygen atoms in total. The number of aromatic nitrogens is 28. The van der Waals surface area contributed by atoms with Crippen molar-refractivity contribution in [2.24, 2.45) is 0 Å². The van der Waals surface area contributed by atoms with Crippen molar-refractivity contribution in [1.29, 1.82) is 0 Å². The van der Waals surface area contributed by atoms with E-state index in [0.29, 0.717) is 103 Å². The first kappa shape index (κ1) is 84.3. The molecule has 0 aliphatic heterocycles. The van der Waals surface area contributed by atoms with Gasteiger partial charge < -0.3 is 9.47 Å². The van der Waals surface area contributed by atoms with Crippen molar-refractivity contribution in [3.63, 3.8) is 0 Å². The average molecular weight is 1730 g/mol. The molecule has 0 unspecified atom stereocenters. The van der Waals surface area contributed by atoms with Crippen molar-refractivity contribution in [1.82, 2.24) is 141 Å². The van der Waals surface area contributed by atoms with Crippen LogP contribution < -0.4 is 4.74 Å². The molecule has 131 heavy (non-hydrogen) atoms. The van der Waals surface area contributed by atoms with E-state index in [1.165, 1.54) is 68.5 Å². The molecule has 0 amide bonds. The summed E-state index contributed by atoms with van der Waals surface area (Å²) in [6.45, 7) is 2.01. The first-order valence-electron chi connectivity index (χ1n) is 40.0. The maximum absolute atomic E-state index is 14.2. The molecule has 0 fully saturated rings. The Morgan fingerprint density at radius 3 is 1.10 bits per heavy atom. The minimum atomic E-state index is -0.443. The molecule has 0 saturated heterocycles. The number of hydrogen-bond acceptors (Lipinski definition) is 28. The standard InChI is InChI=1S/C21H14N6.C20H14FN5O2.C19H14FN5.C18H12N6O2.C17H13N7O/c1-2-12-22-19(11-1)21-24-26-27(25-21)17-9-3-7-16(14-17)18-10-4-6-15-8-5-13-23-20(15)18;1-28-20(27)14-7-5-13(6-8-14)15-10-16(21)12-17(11-15)26-24-19(23-25-26)18-4-2-3-9-22-18;1-13-5-7-14(8-6-13)15-10-16(20)12-17(11-15)25-23-19(22-24-25)18-4-2-3-9-21-18;25-24(26)17-10-2-1-8-15(17)13-6-5-7-14(12-13)23-21-18(20-22-23)16-9-3-4-11-19-16;1-25-17-19-10-13(11-20-17)12-5-4-6-14(9-12)24-22-16(21-23-24)15-7-2-3-8-18-15/h1-14H;2-12H,1H3;2-12H,1H3;1-12H;2-11H,1H3. The first-order chi connectivity index (χ1) is 64.3. The van der Waals surface area contributed by atoms with E-state index in [-0.39, 0.29) is 11.5 Å². The van der Waals surface area contributed by atoms with Crippen molar-refractivity contribution < 1.29 is 28.0 Å². The highest BCUT2D eigenvalue weighted by molar-refractivity contribution is 5.94. The fraction of sp³-hybridized carbons (Fsp3) is 0.0316. The summed E-state index contributed by atoms with van der Waals surface area (Å²) in [7, 11) is 2.85. The Labute approximate surface area is 742 Å². The molecule has 0 atom stereocenters. The van der Waals surface area contributed by atoms with Crippen LogP contribution in [-0.2, 0) is 4.74 Å². The van der Waals surface area contributed by atoms with Gasteiger partial charge in [0.05, 0.1) is 64.2 Å². The van der Waals surface area contributed by atoms with Gasteiger partial charge in [-0.3, -0.25) is 40.0 Å². The van der Waals surface area contributed by atoms with Gasteiger partial charge in [0.1, 0.15) is 40.1 Å². The molecule has 9 aromatic carbocycles. The van der Waals surface area contributed by atoms with Gasteiger partial charge in [0, 0.05) is 84.3 Å². The van der Waals surface area contributed by atoms with Crippen molar-refractivity contribution in [3.05, 3.63) is 386 Å². The number of benzene rings is 9. The molecule has 12 heterocycles. The highest BCUT2D eigenvalue weighted by atomic mass is 19.1. The number of nitro groups is 1. The lowest BCUT2D eigenvalue weighted by molar-refractivity contribution is -0.384. The molecular weight excluding hydrogens is 1670 g/mol. The number of tetrazole rings is 5. The summed E-state index contributed by atoms with van der Waals surface area (Å²) in [5, 5.41) is 74.7. The Morgan fingerprint density at radius 2 is 0.687 bits per heavy atom. The molecule has 21 aromatic rings. The van der Waals surface area contributed by atoms with Crippen molar-refractivity contribution >= 4 is 22.6 Å². The third kappa shape index (κ3) is 20.5. The van der Waals surface area contributed by atoms with Crippen LogP contribution in [0.15, 0.2) is 353 Å². The third-order valence-electron chi connectivity index (χ3n) is 19.5. The summed E-state index contributed by atoms with van der Waals surface area (Å²) in [6, 6.07) is 91.3. The molecule has 21 rings (SSSR count). The average Bonchev–Trinajstić information content (AvgIpc) is 1.66. The van der Waals surface area contributed by atoms with Gasteiger partial charge in [-0.15, -0.1) is 75.0 Å². The predicted molar refractivity (Wildman–Crippen MR) is 479 cm³/mol. The normalized spacial score (nSPS) is 10.7. The van der Waals surface area contributed by atoms with E-state index in [9.17, 15) is 23.7 Å². The number of methoxy groups -OCH3 is 2. The van der Waals surface area contributed by atoms with Gasteiger partial charge in [0.25, 0.3) is 5.69 Å². The number of nitrogens with zero attached hydrogens (tertiary/aromatic N) is 29. The quantitative estimate of drug-likeness (QED) is 0.0437. The highest BCUT2D eigenvalue weighted by Crippen LogP contribution is 2.34. The van der Waals surface area contributed by atoms with E-state index in [2.05, 4.69) is 146 Å². The molecular formula is C95H67F2N29O5. The molecule has 0 aliphatic carbocycles. The third-order valence-corrected chi connectivity index (χ3v) is 19.5. The second-order valence-corrected chi connectivity index (χ2v) is 28.2. The maximum atomic E-state index is 14.2. The number of fused-ring (bicyclic) bond motifs is 1. The maximum Gasteiger partial charge on any atom is 0.337 e. The SMILES string of the molecule is COC(=O)c1ccc(-c2cc(F)cc(-n3nnc(-c4ccccn4)n3)c2)cc1.COc1ncc(-c2cccc(-n3nnc(-c4ccccn4)n3)c2)cn1.Cc1ccc(-c2cc(F)cc(-n3nnc(-c4ccccn4)n3)c2)cc1.O=[N+]([O-])c1ccccc1-c1cccc(-n2nnc(-c3ccccn3)n2)c1.c1ccc(-c2nnn(-c3cccc(-c4cccc5cccnc45)c3)n2)nc1. The summed E-state index contributed by atoms with van der Waals surface area (Å²) in [5.41, 5.74) is 17.1. The van der Waals surface area contributed by atoms with Crippen LogP contribution in [0.5, 0.6) is 6.01 Å². The zero-order valence-electron chi connectivity index (χ0n) is 69.3. The van der Waals surface area contributed by atoms with E-state index < -0.39 is 16.7 Å². The number of carbonyl (C=O) groups is 1. The van der Waals surface area contributed by atoms with Crippen LogP contribution in [0, 0.1) is 28.7 Å². The Balaban J connectivity index is 0.000000115. The Bertz CT molecular complexity index is 7490. The number of ether oxygens (including phenoxy) is 2. The number of hydrogen-bond donors (Lipinski definition) is 0. The van der Waals surface area contributed by atoms with Crippen LogP contribution in [0.4, 0.5) is 14.5 Å². The Kier molecular flexibility index (Phi) is 25.6. The Morgan fingerprint density at radius 1 is 0.328 bits per heavy atom. The topological polar surface area (TPSA) is 400 Å². The molecule has 0 bridgehead atoms. The van der Waals surface area contributed by atoms with Crippen LogP contribution in [-0.4, -0.2) is 166 Å². The van der Waals surface area contributed by atoms with Gasteiger partial charge >= 0.3 is 12.0 Å². The predicted octanol–water partition coefficient (Wildman–Crippen LogP) is 16.6. The van der Waals surface area contributed by atoms with Crippen LogP contribution in [0.2, 0.25) is 0 Å². The van der Waals surface area contributed by atoms with Crippen molar-refractivity contribution in [2.45, 2.75) is 6.92 Å². The number of esters is 1. The number of pyridine rings is 6. The van der Waals surface area contributed by atoms with E-state index in [1.807, 2.05) is 177 Å². The zero-order chi connectivity index (χ0) is 89.8. The highest BCUT2D eigenvalue weighted by Gasteiger charge is 2.20. The number of para-hydroxylation sites is 2. The van der Waals surface area contributed by atoms with E-state index in [1.54, 1.807) is 128 Å². The van der Waals surface area contributed by atoms with Gasteiger partial charge in [-0.1, -0.05) is 145 Å². The summed E-state index contributed by atoms with van der Waals surface area (Å²) in [6.07, 6.45) is 13.6. The van der Waals surface area contributed by atoms with Gasteiger partial charge in [-0.25, -0.2) is 23.5 Å². The molecule has 0 N–H and O–H groups in total. The monoisotopic (exact) mass is 1730 g/mol. The summed E-state index contributed by atoms with van der Waals surface area (Å²) >= 11 is 0. The lowest BCUT2D eigenvalue weighted by Crippen LogP contribution is -2.01. The first-order valence-corrected chi connectivity index (χ1v) is 40.0. The molecule has 0 aliphatic rings. The smallest absolute Gasteiger partial charge is 0.337 e. The lowest BCUT2D eigenvalue weighted by Gasteiger charge is -2.07. The summed E-state index contributed by atoms with van der Waals surface area (Å²) in [5.74, 6) is 0.871. The van der Waals surface area contributed by atoms with Crippen molar-refractivity contribution in [3.8, 4) is 148 Å². The van der Waals surface area contributed by atoms with Crippen LogP contribution in [0.25, 0.3) is 153 Å². The number of halogens is 2. The van der Waals surface area contributed by atoms with E-state index >= 15 is 0 Å². The molecule has 0 radical (unpaired) electrons. The van der Waals surface area contributed by atoms with E-state index in [4.69, 9.17) is 4.74 Å². The van der Waals surface area contributed by atoms with Crippen LogP contribution in [0.3, 0.4) is 0 Å². The Hall–Kier alpha value is -18.9. The summed E-state index contributed by atoms with van der Waals surface area (Å²) < 4.78 is 38.0.